The normalized spacial score (nSPS) is 13.1. The van der Waals surface area contributed by atoms with Crippen LogP contribution in [0.2, 0.25) is 0 Å². The number of imidazole rings is 1. The molecule has 3 N–H and O–H groups in total. The van der Waals surface area contributed by atoms with Gasteiger partial charge in [0.25, 0.3) is 11.8 Å². The minimum absolute atomic E-state index is 0.279. The van der Waals surface area contributed by atoms with E-state index < -0.39 is 11.8 Å². The molecule has 29 heavy (non-hydrogen) atoms. The highest BCUT2D eigenvalue weighted by Crippen LogP contribution is 2.34. The van der Waals surface area contributed by atoms with Gasteiger partial charge in [-0.2, -0.15) is 0 Å². The van der Waals surface area contributed by atoms with Gasteiger partial charge >= 0.3 is 5.69 Å². The molecule has 7 nitrogen and oxygen atoms in total. The molecule has 0 aliphatic carbocycles. The van der Waals surface area contributed by atoms with E-state index in [0.29, 0.717) is 44.2 Å². The second kappa shape index (κ2) is 6.19. The summed E-state index contributed by atoms with van der Waals surface area (Å²) in [5, 5.41) is 10.2. The lowest BCUT2D eigenvalue weighted by molar-refractivity contribution is 0.0893. The van der Waals surface area contributed by atoms with Crippen molar-refractivity contribution < 1.29 is 14.7 Å². The summed E-state index contributed by atoms with van der Waals surface area (Å²) in [4.78, 5) is 44.4. The molecule has 0 atom stereocenters. The molecule has 2 heterocycles. The number of anilines is 1. The first-order chi connectivity index (χ1) is 14.1. The number of carbonyl (C=O) groups excluding carboxylic acids is 2. The Balaban J connectivity index is 1.72. The van der Waals surface area contributed by atoms with Gasteiger partial charge in [0.15, 0.2) is 0 Å². The summed E-state index contributed by atoms with van der Waals surface area (Å²) < 4.78 is 0. The van der Waals surface area contributed by atoms with Crippen molar-refractivity contribution in [2.75, 3.05) is 11.5 Å². The van der Waals surface area contributed by atoms with Crippen LogP contribution < -0.4 is 10.6 Å². The van der Waals surface area contributed by atoms with E-state index in [1.165, 1.54) is 0 Å². The molecule has 0 saturated carbocycles. The van der Waals surface area contributed by atoms with Gasteiger partial charge in [0.2, 0.25) is 0 Å². The van der Waals surface area contributed by atoms with Crippen molar-refractivity contribution in [1.29, 1.82) is 0 Å². The molecule has 0 radical (unpaired) electrons. The van der Waals surface area contributed by atoms with Crippen LogP contribution in [0.3, 0.4) is 0 Å². The molecule has 1 aromatic heterocycles. The molecule has 0 bridgehead atoms. The zero-order valence-corrected chi connectivity index (χ0v) is 14.9. The van der Waals surface area contributed by atoms with Crippen molar-refractivity contribution in [3.05, 3.63) is 75.7 Å². The monoisotopic (exact) mass is 383 g/mol. The number of nitrogens with one attached hydrogen (secondary N) is 2. The highest BCUT2D eigenvalue weighted by atomic mass is 16.2. The minimum Gasteiger partial charge on any atom is -0.384 e. The van der Waals surface area contributed by atoms with Crippen molar-refractivity contribution in [3.8, 4) is 11.8 Å². The molecular weight excluding hydrogens is 370 g/mol. The number of aliphatic hydroxyl groups is 1. The first-order valence-corrected chi connectivity index (χ1v) is 8.85. The number of aromatic amines is 2. The van der Waals surface area contributed by atoms with Crippen molar-refractivity contribution in [1.82, 2.24) is 9.97 Å². The average molecular weight is 383 g/mol. The third kappa shape index (κ3) is 2.47. The predicted octanol–water partition coefficient (Wildman–Crippen LogP) is 2.15. The van der Waals surface area contributed by atoms with Gasteiger partial charge in [-0.1, -0.05) is 24.0 Å². The molecule has 0 spiro atoms. The number of benzene rings is 3. The summed E-state index contributed by atoms with van der Waals surface area (Å²) in [5.74, 6) is 4.57. The topological polar surface area (TPSA) is 106 Å². The molecule has 3 aromatic carbocycles. The number of carbonyl (C=O) groups is 2. The van der Waals surface area contributed by atoms with Crippen LogP contribution in [0.4, 0.5) is 5.69 Å². The third-order valence-corrected chi connectivity index (χ3v) is 4.97. The molecule has 1 aliphatic rings. The quantitative estimate of drug-likeness (QED) is 0.346. The van der Waals surface area contributed by atoms with E-state index in [4.69, 9.17) is 5.11 Å². The van der Waals surface area contributed by atoms with Gasteiger partial charge in [-0.3, -0.25) is 9.59 Å². The molecule has 7 heteroatoms. The van der Waals surface area contributed by atoms with E-state index in [0.717, 1.165) is 4.90 Å². The van der Waals surface area contributed by atoms with Crippen molar-refractivity contribution in [2.24, 2.45) is 0 Å². The summed E-state index contributed by atoms with van der Waals surface area (Å²) in [6.45, 7) is -0.279. The van der Waals surface area contributed by atoms with Crippen LogP contribution in [-0.4, -0.2) is 33.5 Å². The van der Waals surface area contributed by atoms with Crippen LogP contribution in [0.25, 0.3) is 21.8 Å². The van der Waals surface area contributed by atoms with Gasteiger partial charge in [0.05, 0.1) is 16.7 Å². The zero-order chi connectivity index (χ0) is 20.1. The second-order valence-electron chi connectivity index (χ2n) is 6.60. The van der Waals surface area contributed by atoms with Gasteiger partial charge in [-0.15, -0.1) is 0 Å². The third-order valence-electron chi connectivity index (χ3n) is 4.97. The maximum absolute atomic E-state index is 13.2. The second-order valence-corrected chi connectivity index (χ2v) is 6.60. The standard InChI is InChI=1S/C22H13N3O4/c26-10-2-3-12-6-8-16-19-14(12)4-1-5-15(19)20(27)25(21(16)28)13-7-9-17-18(11-13)24-22(29)23-17/h1,4-9,11,26H,10H2,(H2,23,24,29). The summed E-state index contributed by atoms with van der Waals surface area (Å²) in [6, 6.07) is 13.4. The van der Waals surface area contributed by atoms with E-state index >= 15 is 0 Å². The first kappa shape index (κ1) is 17.0. The summed E-state index contributed by atoms with van der Waals surface area (Å²) in [6.07, 6.45) is 0. The minimum atomic E-state index is -0.447. The van der Waals surface area contributed by atoms with Crippen LogP contribution in [0.1, 0.15) is 26.3 Å². The summed E-state index contributed by atoms with van der Waals surface area (Å²) >= 11 is 0. The number of aliphatic hydroxyl groups excluding tert-OH is 1. The molecule has 0 unspecified atom stereocenters. The highest BCUT2D eigenvalue weighted by Gasteiger charge is 2.34. The fourth-order valence-corrected chi connectivity index (χ4v) is 3.73. The number of hydrogen-bond acceptors (Lipinski definition) is 4. The Hall–Kier alpha value is -4.15. The van der Waals surface area contributed by atoms with E-state index in [2.05, 4.69) is 21.8 Å². The van der Waals surface area contributed by atoms with E-state index in [1.807, 2.05) is 0 Å². The first-order valence-electron chi connectivity index (χ1n) is 8.85. The van der Waals surface area contributed by atoms with Gasteiger partial charge in [-0.05, 0) is 41.8 Å². The fraction of sp³-hybridized carbons (Fsp3) is 0.0455. The van der Waals surface area contributed by atoms with Crippen molar-refractivity contribution >= 4 is 39.3 Å². The SMILES string of the molecule is O=C1c2cccc3c(C#CCO)ccc(c23)C(=O)N1c1ccc2[nH]c(=O)[nH]c2c1. The number of imide groups is 1. The molecule has 4 aromatic rings. The van der Waals surface area contributed by atoms with Gasteiger partial charge in [0, 0.05) is 22.1 Å². The Morgan fingerprint density at radius 3 is 2.45 bits per heavy atom. The van der Waals surface area contributed by atoms with Gasteiger partial charge in [0.1, 0.15) is 6.61 Å². The number of fused-ring (bicyclic) bond motifs is 1. The molecule has 5 rings (SSSR count). The summed E-state index contributed by atoms with van der Waals surface area (Å²) in [5.41, 5.74) is 2.53. The van der Waals surface area contributed by atoms with Gasteiger partial charge in [-0.25, -0.2) is 9.69 Å². The molecule has 0 saturated heterocycles. The Labute approximate surface area is 163 Å². The van der Waals surface area contributed by atoms with Crippen LogP contribution >= 0.6 is 0 Å². The Bertz CT molecular complexity index is 1440. The largest absolute Gasteiger partial charge is 0.384 e. The molecular formula is C22H13N3O4. The Kier molecular flexibility index (Phi) is 3.63. The van der Waals surface area contributed by atoms with Crippen LogP contribution in [0.15, 0.2) is 53.3 Å². The van der Waals surface area contributed by atoms with E-state index in [9.17, 15) is 14.4 Å². The molecule has 2 amide bonds. The number of H-pyrrole nitrogens is 2. The number of hydrogen-bond donors (Lipinski definition) is 3. The predicted molar refractivity (Wildman–Crippen MR) is 108 cm³/mol. The number of amides is 2. The maximum Gasteiger partial charge on any atom is 0.323 e. The molecule has 0 fully saturated rings. The fourth-order valence-electron chi connectivity index (χ4n) is 3.73. The Morgan fingerprint density at radius 2 is 1.66 bits per heavy atom. The lowest BCUT2D eigenvalue weighted by Crippen LogP contribution is -2.40. The maximum atomic E-state index is 13.2. The van der Waals surface area contributed by atoms with E-state index in [-0.39, 0.29) is 12.3 Å². The highest BCUT2D eigenvalue weighted by molar-refractivity contribution is 6.36. The smallest absolute Gasteiger partial charge is 0.323 e. The van der Waals surface area contributed by atoms with Gasteiger partial charge < -0.3 is 15.1 Å². The Morgan fingerprint density at radius 1 is 0.897 bits per heavy atom. The number of rotatable bonds is 1. The van der Waals surface area contributed by atoms with Crippen LogP contribution in [0.5, 0.6) is 0 Å². The number of aromatic nitrogens is 2. The van der Waals surface area contributed by atoms with Crippen molar-refractivity contribution in [3.63, 3.8) is 0 Å². The molecule has 1 aliphatic heterocycles. The molecule has 140 valence electrons. The van der Waals surface area contributed by atoms with Crippen LogP contribution in [0, 0.1) is 11.8 Å². The lowest BCUT2D eigenvalue weighted by Gasteiger charge is -2.27. The van der Waals surface area contributed by atoms with Crippen molar-refractivity contribution in [2.45, 2.75) is 0 Å². The number of nitrogens with zero attached hydrogens (tertiary/aromatic N) is 1. The van der Waals surface area contributed by atoms with Crippen LogP contribution in [-0.2, 0) is 0 Å². The lowest BCUT2D eigenvalue weighted by atomic mass is 9.91. The average Bonchev–Trinajstić information content (AvgIpc) is 3.10. The van der Waals surface area contributed by atoms with E-state index in [1.54, 1.807) is 48.5 Å². The zero-order valence-electron chi connectivity index (χ0n) is 14.9. The summed E-state index contributed by atoms with van der Waals surface area (Å²) in [7, 11) is 0.